The second kappa shape index (κ2) is 6.02. The molecule has 1 unspecified atom stereocenters. The maximum absolute atomic E-state index is 5.82. The van der Waals surface area contributed by atoms with E-state index in [1.54, 1.807) is 7.11 Å². The highest BCUT2D eigenvalue weighted by molar-refractivity contribution is 5.48. The lowest BCUT2D eigenvalue weighted by Gasteiger charge is -2.44. The molecule has 0 saturated carbocycles. The lowest BCUT2D eigenvalue weighted by Crippen LogP contribution is -2.54. The summed E-state index contributed by atoms with van der Waals surface area (Å²) in [6.45, 7) is 5.82. The number of piperazine rings is 1. The van der Waals surface area contributed by atoms with Crippen molar-refractivity contribution in [2.75, 3.05) is 39.0 Å². The van der Waals surface area contributed by atoms with Gasteiger partial charge in [0.1, 0.15) is 5.75 Å². The molecule has 0 radical (unpaired) electrons. The highest BCUT2D eigenvalue weighted by atomic mass is 16.5. The number of rotatable bonds is 3. The van der Waals surface area contributed by atoms with Crippen LogP contribution in [0.4, 0.5) is 5.69 Å². The van der Waals surface area contributed by atoms with Crippen LogP contribution in [0.5, 0.6) is 5.75 Å². The molecular formula is C16H25N3O. The van der Waals surface area contributed by atoms with Crippen molar-refractivity contribution in [3.05, 3.63) is 23.8 Å². The number of nitrogens with two attached hydrogens (primary N) is 1. The highest BCUT2D eigenvalue weighted by Gasteiger charge is 2.28. The summed E-state index contributed by atoms with van der Waals surface area (Å²) >= 11 is 0. The first kappa shape index (κ1) is 13.7. The smallest absolute Gasteiger partial charge is 0.125 e. The molecule has 0 aromatic heterocycles. The van der Waals surface area contributed by atoms with Gasteiger partial charge in [0.2, 0.25) is 0 Å². The molecule has 2 fully saturated rings. The quantitative estimate of drug-likeness (QED) is 0.856. The van der Waals surface area contributed by atoms with Crippen molar-refractivity contribution in [3.63, 3.8) is 0 Å². The summed E-state index contributed by atoms with van der Waals surface area (Å²) in [6.07, 6.45) is 4.12. The number of hydrogen-bond donors (Lipinski definition) is 1. The first-order valence-corrected chi connectivity index (χ1v) is 7.65. The average molecular weight is 275 g/mol. The molecule has 20 heavy (non-hydrogen) atoms. The molecule has 1 aromatic carbocycles. The van der Waals surface area contributed by atoms with E-state index >= 15 is 0 Å². The van der Waals surface area contributed by atoms with Gasteiger partial charge in [-0.05, 0) is 25.5 Å². The molecule has 4 nitrogen and oxygen atoms in total. The van der Waals surface area contributed by atoms with Crippen molar-refractivity contribution in [1.29, 1.82) is 0 Å². The summed E-state index contributed by atoms with van der Waals surface area (Å²) in [5, 5.41) is 0. The normalized spacial score (nSPS) is 24.4. The molecule has 2 aliphatic heterocycles. The van der Waals surface area contributed by atoms with Crippen LogP contribution in [0.25, 0.3) is 0 Å². The van der Waals surface area contributed by atoms with E-state index in [0.717, 1.165) is 30.6 Å². The van der Waals surface area contributed by atoms with Crippen LogP contribution < -0.4 is 10.5 Å². The van der Waals surface area contributed by atoms with Crippen LogP contribution >= 0.6 is 0 Å². The Morgan fingerprint density at radius 1 is 1.25 bits per heavy atom. The molecule has 0 aliphatic carbocycles. The Labute approximate surface area is 121 Å². The minimum absolute atomic E-state index is 0.761. The first-order valence-electron chi connectivity index (χ1n) is 7.65. The van der Waals surface area contributed by atoms with Crippen LogP contribution in [0.1, 0.15) is 24.8 Å². The van der Waals surface area contributed by atoms with E-state index < -0.39 is 0 Å². The van der Waals surface area contributed by atoms with Gasteiger partial charge in [0.25, 0.3) is 0 Å². The molecule has 0 amide bonds. The molecule has 2 saturated heterocycles. The zero-order valence-electron chi connectivity index (χ0n) is 12.3. The van der Waals surface area contributed by atoms with E-state index in [-0.39, 0.29) is 0 Å². The largest absolute Gasteiger partial charge is 0.496 e. The number of nitrogens with zero attached hydrogens (tertiary/aromatic N) is 2. The lowest BCUT2D eigenvalue weighted by molar-refractivity contribution is 0.0453. The topological polar surface area (TPSA) is 41.7 Å². The number of nitrogen functional groups attached to an aromatic ring is 1. The molecule has 4 heteroatoms. The van der Waals surface area contributed by atoms with Gasteiger partial charge in [0.05, 0.1) is 7.11 Å². The van der Waals surface area contributed by atoms with Crippen LogP contribution in [0.3, 0.4) is 0 Å². The summed E-state index contributed by atoms with van der Waals surface area (Å²) in [7, 11) is 1.72. The lowest BCUT2D eigenvalue weighted by atomic mass is 9.99. The van der Waals surface area contributed by atoms with Crippen molar-refractivity contribution < 1.29 is 4.74 Å². The van der Waals surface area contributed by atoms with Crippen molar-refractivity contribution in [2.45, 2.75) is 31.8 Å². The number of benzene rings is 1. The van der Waals surface area contributed by atoms with Gasteiger partial charge in [-0.25, -0.2) is 0 Å². The van der Waals surface area contributed by atoms with Crippen molar-refractivity contribution in [1.82, 2.24) is 9.80 Å². The second-order valence-corrected chi connectivity index (χ2v) is 5.99. The number of methoxy groups -OCH3 is 1. The highest BCUT2D eigenvalue weighted by Crippen LogP contribution is 2.26. The van der Waals surface area contributed by atoms with Crippen LogP contribution in [-0.4, -0.2) is 49.1 Å². The fourth-order valence-electron chi connectivity index (χ4n) is 3.50. The number of anilines is 1. The monoisotopic (exact) mass is 275 g/mol. The second-order valence-electron chi connectivity index (χ2n) is 5.99. The fraction of sp³-hybridized carbons (Fsp3) is 0.625. The molecule has 2 aliphatic rings. The van der Waals surface area contributed by atoms with Gasteiger partial charge in [-0.1, -0.05) is 12.5 Å². The van der Waals surface area contributed by atoms with Gasteiger partial charge in [-0.15, -0.1) is 0 Å². The summed E-state index contributed by atoms with van der Waals surface area (Å²) in [5.41, 5.74) is 7.83. The Bertz CT molecular complexity index is 463. The van der Waals surface area contributed by atoms with Gasteiger partial charge in [0.15, 0.2) is 0 Å². The fourth-order valence-corrected chi connectivity index (χ4v) is 3.50. The zero-order chi connectivity index (χ0) is 13.9. The van der Waals surface area contributed by atoms with Crippen LogP contribution in [0.15, 0.2) is 18.2 Å². The van der Waals surface area contributed by atoms with E-state index in [9.17, 15) is 0 Å². The van der Waals surface area contributed by atoms with Gasteiger partial charge in [-0.3, -0.25) is 9.80 Å². The molecule has 3 rings (SSSR count). The van der Waals surface area contributed by atoms with Crippen LogP contribution in [0, 0.1) is 0 Å². The zero-order valence-corrected chi connectivity index (χ0v) is 12.3. The summed E-state index contributed by atoms with van der Waals surface area (Å²) < 4.78 is 5.46. The first-order chi connectivity index (χ1) is 9.76. The Kier molecular flexibility index (Phi) is 4.13. The van der Waals surface area contributed by atoms with E-state index in [0.29, 0.717) is 0 Å². The third-order valence-electron chi connectivity index (χ3n) is 4.63. The van der Waals surface area contributed by atoms with Gasteiger partial charge < -0.3 is 10.5 Å². The van der Waals surface area contributed by atoms with E-state index in [1.807, 2.05) is 12.1 Å². The summed E-state index contributed by atoms with van der Waals surface area (Å²) in [4.78, 5) is 5.22. The number of hydrogen-bond acceptors (Lipinski definition) is 4. The third-order valence-corrected chi connectivity index (χ3v) is 4.63. The van der Waals surface area contributed by atoms with Crippen LogP contribution in [-0.2, 0) is 6.54 Å². The molecule has 1 atom stereocenters. The number of ether oxygens (including phenoxy) is 1. The molecule has 0 spiro atoms. The van der Waals surface area contributed by atoms with E-state index in [4.69, 9.17) is 10.5 Å². The van der Waals surface area contributed by atoms with Gasteiger partial charge in [0, 0.05) is 49.5 Å². The van der Waals surface area contributed by atoms with Crippen molar-refractivity contribution in [2.24, 2.45) is 0 Å². The maximum atomic E-state index is 5.82. The standard InChI is InChI=1S/C16H25N3O/c1-20-16-10-14(17)6-5-13(16)11-18-8-9-19-7-3-2-4-15(19)12-18/h5-6,10,15H,2-4,7-9,11-12,17H2,1H3. The molecule has 1 aromatic rings. The van der Waals surface area contributed by atoms with Gasteiger partial charge in [-0.2, -0.15) is 0 Å². The third kappa shape index (κ3) is 2.91. The molecular weight excluding hydrogens is 250 g/mol. The van der Waals surface area contributed by atoms with Crippen molar-refractivity contribution >= 4 is 5.69 Å². The predicted octanol–water partition coefficient (Wildman–Crippen LogP) is 1.95. The van der Waals surface area contributed by atoms with Gasteiger partial charge >= 0.3 is 0 Å². The Balaban J connectivity index is 1.66. The Morgan fingerprint density at radius 2 is 2.15 bits per heavy atom. The SMILES string of the molecule is COc1cc(N)ccc1CN1CCN2CCCCC2C1. The van der Waals surface area contributed by atoms with Crippen molar-refractivity contribution in [3.8, 4) is 5.75 Å². The van der Waals surface area contributed by atoms with Crippen LogP contribution in [0.2, 0.25) is 0 Å². The minimum atomic E-state index is 0.761. The Morgan fingerprint density at radius 3 is 3.00 bits per heavy atom. The molecule has 110 valence electrons. The Hall–Kier alpha value is -1.26. The maximum Gasteiger partial charge on any atom is 0.125 e. The minimum Gasteiger partial charge on any atom is -0.496 e. The average Bonchev–Trinajstić information content (AvgIpc) is 2.49. The van der Waals surface area contributed by atoms with E-state index in [1.165, 1.54) is 44.5 Å². The molecule has 2 N–H and O–H groups in total. The summed E-state index contributed by atoms with van der Waals surface area (Å²) in [5.74, 6) is 0.913. The predicted molar refractivity (Wildman–Crippen MR) is 81.9 cm³/mol. The number of piperidine rings is 1. The summed E-state index contributed by atoms with van der Waals surface area (Å²) in [6, 6.07) is 6.75. The van der Waals surface area contributed by atoms with E-state index in [2.05, 4.69) is 15.9 Å². The molecule has 2 heterocycles. The number of fused-ring (bicyclic) bond motifs is 1. The molecule has 0 bridgehead atoms.